The monoisotopic (exact) mass is 191 g/mol. The third-order valence-electron chi connectivity index (χ3n) is 2.85. The van der Waals surface area contributed by atoms with E-state index in [4.69, 9.17) is 5.11 Å². The van der Waals surface area contributed by atoms with Gasteiger partial charge in [0.1, 0.15) is 0 Å². The summed E-state index contributed by atoms with van der Waals surface area (Å²) in [7, 11) is 0. The number of allylic oxidation sites excluding steroid dienone is 4. The molecule has 0 aromatic carbocycles. The maximum Gasteiger partial charge on any atom is 0.312 e. The van der Waals surface area contributed by atoms with Gasteiger partial charge in [0, 0.05) is 18.7 Å². The summed E-state index contributed by atoms with van der Waals surface area (Å²) in [6.07, 6.45) is 10.5. The average molecular weight is 191 g/mol. The molecule has 0 aromatic heterocycles. The third-order valence-corrected chi connectivity index (χ3v) is 2.85. The van der Waals surface area contributed by atoms with E-state index >= 15 is 0 Å². The van der Waals surface area contributed by atoms with Crippen LogP contribution in [-0.2, 0) is 4.79 Å². The van der Waals surface area contributed by atoms with Crippen LogP contribution in [0.15, 0.2) is 29.3 Å². The van der Waals surface area contributed by atoms with Crippen LogP contribution in [0.3, 0.4) is 0 Å². The molecule has 0 spiro atoms. The number of hydrogen-bond donors (Lipinski definition) is 1. The van der Waals surface area contributed by atoms with Crippen LogP contribution in [0.25, 0.3) is 0 Å². The summed E-state index contributed by atoms with van der Waals surface area (Å²) >= 11 is 0. The Hall–Kier alpha value is -1.38. The minimum Gasteiger partial charge on any atom is -0.481 e. The molecule has 14 heavy (non-hydrogen) atoms. The summed E-state index contributed by atoms with van der Waals surface area (Å²) in [5.41, 5.74) is 0. The number of hydrogen-bond acceptors (Lipinski definition) is 2. The molecule has 3 unspecified atom stereocenters. The van der Waals surface area contributed by atoms with Crippen molar-refractivity contribution in [1.82, 2.24) is 0 Å². The molecule has 1 heterocycles. The predicted molar refractivity (Wildman–Crippen MR) is 54.4 cm³/mol. The van der Waals surface area contributed by atoms with Gasteiger partial charge < -0.3 is 5.11 Å². The maximum absolute atomic E-state index is 11.0. The van der Waals surface area contributed by atoms with Crippen molar-refractivity contribution in [2.45, 2.75) is 6.42 Å². The molecule has 2 aliphatic rings. The highest BCUT2D eigenvalue weighted by atomic mass is 16.4. The van der Waals surface area contributed by atoms with Gasteiger partial charge >= 0.3 is 5.97 Å². The van der Waals surface area contributed by atoms with Crippen molar-refractivity contribution in [1.29, 1.82) is 0 Å². The second-order valence-electron chi connectivity index (χ2n) is 3.72. The first-order valence-corrected chi connectivity index (χ1v) is 4.87. The van der Waals surface area contributed by atoms with Gasteiger partial charge in [-0.05, 0) is 12.3 Å². The first kappa shape index (κ1) is 9.19. The molecular weight excluding hydrogens is 178 g/mol. The zero-order chi connectivity index (χ0) is 9.97. The van der Waals surface area contributed by atoms with E-state index in [1.54, 1.807) is 6.21 Å². The maximum atomic E-state index is 11.0. The zero-order valence-electron chi connectivity index (χ0n) is 7.84. The standard InChI is InChI=1S/C11H13NO2/c13-11(14)10-7-12-6-5-8-3-1-2-4-9(8)10/h1-4,7-10H,5-6H2,(H,13,14). The second-order valence-corrected chi connectivity index (χ2v) is 3.72. The number of fused-ring (bicyclic) bond motifs is 1. The van der Waals surface area contributed by atoms with Crippen molar-refractivity contribution in [2.75, 3.05) is 6.54 Å². The van der Waals surface area contributed by atoms with Crippen molar-refractivity contribution in [3.8, 4) is 0 Å². The van der Waals surface area contributed by atoms with Crippen LogP contribution in [0.4, 0.5) is 0 Å². The van der Waals surface area contributed by atoms with Crippen molar-refractivity contribution in [3.05, 3.63) is 24.3 Å². The highest BCUT2D eigenvalue weighted by Gasteiger charge is 2.32. The van der Waals surface area contributed by atoms with Crippen LogP contribution in [0, 0.1) is 17.8 Å². The van der Waals surface area contributed by atoms with Gasteiger partial charge in [-0.15, -0.1) is 0 Å². The van der Waals surface area contributed by atoms with Gasteiger partial charge in [0.2, 0.25) is 0 Å². The Bertz CT molecular complexity index is 317. The van der Waals surface area contributed by atoms with Crippen LogP contribution >= 0.6 is 0 Å². The van der Waals surface area contributed by atoms with Crippen LogP contribution < -0.4 is 0 Å². The lowest BCUT2D eigenvalue weighted by Gasteiger charge is -2.24. The lowest BCUT2D eigenvalue weighted by Crippen LogP contribution is -2.28. The van der Waals surface area contributed by atoms with E-state index in [0.717, 1.165) is 13.0 Å². The Morgan fingerprint density at radius 3 is 2.93 bits per heavy atom. The molecule has 3 nitrogen and oxygen atoms in total. The van der Waals surface area contributed by atoms with Gasteiger partial charge in [-0.3, -0.25) is 9.79 Å². The predicted octanol–water partition coefficient (Wildman–Crippen LogP) is 1.52. The Morgan fingerprint density at radius 2 is 2.14 bits per heavy atom. The quantitative estimate of drug-likeness (QED) is 0.683. The number of aliphatic carboxylic acids is 1. The molecule has 3 atom stereocenters. The van der Waals surface area contributed by atoms with Gasteiger partial charge in [0.05, 0.1) is 5.92 Å². The summed E-state index contributed by atoms with van der Waals surface area (Å²) < 4.78 is 0. The van der Waals surface area contributed by atoms with Gasteiger partial charge in [0.25, 0.3) is 0 Å². The Balaban J connectivity index is 2.26. The first-order valence-electron chi connectivity index (χ1n) is 4.87. The lowest BCUT2D eigenvalue weighted by molar-refractivity contribution is -0.140. The molecule has 0 saturated heterocycles. The highest BCUT2D eigenvalue weighted by molar-refractivity contribution is 5.89. The summed E-state index contributed by atoms with van der Waals surface area (Å²) in [5, 5.41) is 9.05. The number of carboxylic acids is 1. The van der Waals surface area contributed by atoms with Gasteiger partial charge in [-0.2, -0.15) is 0 Å². The fourth-order valence-corrected chi connectivity index (χ4v) is 2.08. The molecule has 1 aliphatic carbocycles. The topological polar surface area (TPSA) is 49.7 Å². The highest BCUT2D eigenvalue weighted by Crippen LogP contribution is 2.30. The molecule has 0 saturated carbocycles. The van der Waals surface area contributed by atoms with Crippen molar-refractivity contribution in [2.24, 2.45) is 22.7 Å². The molecule has 0 bridgehead atoms. The molecule has 0 fully saturated rings. The Kier molecular flexibility index (Phi) is 2.48. The Morgan fingerprint density at radius 1 is 1.36 bits per heavy atom. The summed E-state index contributed by atoms with van der Waals surface area (Å²) in [6, 6.07) is 0. The Labute approximate surface area is 82.8 Å². The molecule has 0 aromatic rings. The minimum atomic E-state index is -0.773. The van der Waals surface area contributed by atoms with Crippen LogP contribution in [-0.4, -0.2) is 23.8 Å². The van der Waals surface area contributed by atoms with Crippen LogP contribution in [0.5, 0.6) is 0 Å². The fourth-order valence-electron chi connectivity index (χ4n) is 2.08. The van der Waals surface area contributed by atoms with E-state index in [-0.39, 0.29) is 5.92 Å². The molecule has 1 aliphatic heterocycles. The minimum absolute atomic E-state index is 0.0868. The molecular formula is C11H13NO2. The lowest BCUT2D eigenvalue weighted by atomic mass is 9.78. The average Bonchev–Trinajstić information content (AvgIpc) is 2.39. The summed E-state index contributed by atoms with van der Waals surface area (Å²) in [6.45, 7) is 0.739. The number of rotatable bonds is 1. The third kappa shape index (κ3) is 1.62. The largest absolute Gasteiger partial charge is 0.481 e. The number of carbonyl (C=O) groups is 1. The van der Waals surface area contributed by atoms with E-state index < -0.39 is 11.9 Å². The van der Waals surface area contributed by atoms with E-state index in [9.17, 15) is 4.79 Å². The SMILES string of the molecule is O=C(O)C1C=NCCC2C=CC=CC21. The molecule has 0 radical (unpaired) electrons. The van der Waals surface area contributed by atoms with E-state index in [1.165, 1.54) is 0 Å². The number of nitrogens with zero attached hydrogens (tertiary/aromatic N) is 1. The molecule has 3 heteroatoms. The normalized spacial score (nSPS) is 35.0. The second kappa shape index (κ2) is 3.78. The van der Waals surface area contributed by atoms with Gasteiger partial charge in [-0.25, -0.2) is 0 Å². The molecule has 1 N–H and O–H groups in total. The van der Waals surface area contributed by atoms with Crippen LogP contribution in [0.1, 0.15) is 6.42 Å². The first-order chi connectivity index (χ1) is 6.79. The fraction of sp³-hybridized carbons (Fsp3) is 0.455. The van der Waals surface area contributed by atoms with E-state index in [2.05, 4.69) is 11.1 Å². The summed E-state index contributed by atoms with van der Waals surface area (Å²) in [5.74, 6) is -0.804. The van der Waals surface area contributed by atoms with Crippen molar-refractivity contribution in [3.63, 3.8) is 0 Å². The summed E-state index contributed by atoms with van der Waals surface area (Å²) in [4.78, 5) is 15.1. The van der Waals surface area contributed by atoms with E-state index in [0.29, 0.717) is 5.92 Å². The van der Waals surface area contributed by atoms with E-state index in [1.807, 2.05) is 18.2 Å². The molecule has 2 rings (SSSR count). The smallest absolute Gasteiger partial charge is 0.312 e. The number of carboxylic acid groups (broad SMARTS) is 1. The number of aliphatic imine (C=N–C) groups is 1. The molecule has 0 amide bonds. The van der Waals surface area contributed by atoms with Gasteiger partial charge in [0.15, 0.2) is 0 Å². The van der Waals surface area contributed by atoms with Gasteiger partial charge in [-0.1, -0.05) is 24.3 Å². The zero-order valence-corrected chi connectivity index (χ0v) is 7.84. The van der Waals surface area contributed by atoms with Crippen LogP contribution in [0.2, 0.25) is 0 Å². The molecule has 74 valence electrons. The van der Waals surface area contributed by atoms with Crippen molar-refractivity contribution >= 4 is 12.2 Å². The van der Waals surface area contributed by atoms with Crippen molar-refractivity contribution < 1.29 is 9.90 Å².